The fourth-order valence-electron chi connectivity index (χ4n) is 4.82. The van der Waals surface area contributed by atoms with E-state index in [1.165, 1.54) is 0 Å². The number of ether oxygens (including phenoxy) is 1. The van der Waals surface area contributed by atoms with Gasteiger partial charge in [-0.25, -0.2) is 28.2 Å². The molecule has 2 N–H and O–H groups in total. The van der Waals surface area contributed by atoms with Crippen LogP contribution < -0.4 is 15.5 Å². The first-order chi connectivity index (χ1) is 17.9. The highest BCUT2D eigenvalue weighted by Gasteiger charge is 2.48. The Labute approximate surface area is 211 Å². The third kappa shape index (κ3) is 4.41. The highest BCUT2D eigenvalue weighted by atomic mass is 19.3. The molecule has 2 fully saturated rings. The Kier molecular flexibility index (Phi) is 5.82. The number of carbonyl (C=O) groups is 1. The Balaban J connectivity index is 1.35. The van der Waals surface area contributed by atoms with E-state index in [4.69, 9.17) is 14.8 Å². The molecule has 4 aromatic rings. The fourth-order valence-corrected chi connectivity index (χ4v) is 4.82. The van der Waals surface area contributed by atoms with Crippen LogP contribution in [0, 0.1) is 11.8 Å². The van der Waals surface area contributed by atoms with Gasteiger partial charge in [0.25, 0.3) is 0 Å². The molecule has 5 heterocycles. The Morgan fingerprint density at radius 3 is 2.84 bits per heavy atom. The number of anilines is 3. The largest absolute Gasteiger partial charge is 0.375 e. The second-order valence-electron chi connectivity index (χ2n) is 9.47. The molecule has 4 aromatic heterocycles. The summed E-state index contributed by atoms with van der Waals surface area (Å²) in [6, 6.07) is 5.65. The van der Waals surface area contributed by atoms with Crippen LogP contribution in [0.15, 0.2) is 36.8 Å². The molecule has 0 bridgehead atoms. The van der Waals surface area contributed by atoms with Gasteiger partial charge in [-0.2, -0.15) is 0 Å². The zero-order valence-electron chi connectivity index (χ0n) is 20.4. The summed E-state index contributed by atoms with van der Waals surface area (Å²) < 4.78 is 33.2. The van der Waals surface area contributed by atoms with Gasteiger partial charge in [0.2, 0.25) is 12.3 Å². The smallest absolute Gasteiger partial charge is 0.242 e. The quantitative estimate of drug-likeness (QED) is 0.408. The lowest BCUT2D eigenvalue weighted by atomic mass is 10.1. The Bertz CT molecular complexity index is 1490. The van der Waals surface area contributed by atoms with Crippen LogP contribution in [0.3, 0.4) is 0 Å². The summed E-state index contributed by atoms with van der Waals surface area (Å²) in [5, 5.41) is 11.9. The normalized spacial score (nSPS) is 21.5. The van der Waals surface area contributed by atoms with Crippen LogP contribution >= 0.6 is 0 Å². The first-order valence-electron chi connectivity index (χ1n) is 12.2. The van der Waals surface area contributed by atoms with E-state index in [1.54, 1.807) is 30.0 Å². The van der Waals surface area contributed by atoms with E-state index in [2.05, 4.69) is 32.4 Å². The number of amides is 1. The van der Waals surface area contributed by atoms with E-state index < -0.39 is 24.2 Å². The number of rotatable bonds is 6. The van der Waals surface area contributed by atoms with Crippen molar-refractivity contribution in [1.82, 2.24) is 24.6 Å². The predicted octanol–water partition coefficient (Wildman–Crippen LogP) is 3.45. The van der Waals surface area contributed by atoms with Crippen molar-refractivity contribution >= 4 is 39.6 Å². The second kappa shape index (κ2) is 9.18. The number of hydrogen-bond donors (Lipinski definition) is 2. The molecule has 1 saturated heterocycles. The van der Waals surface area contributed by atoms with Crippen molar-refractivity contribution in [2.75, 3.05) is 42.3 Å². The van der Waals surface area contributed by atoms with Crippen molar-refractivity contribution < 1.29 is 18.3 Å². The highest BCUT2D eigenvalue weighted by Crippen LogP contribution is 2.43. The third-order valence-electron chi connectivity index (χ3n) is 6.92. The Morgan fingerprint density at radius 2 is 2.08 bits per heavy atom. The van der Waals surface area contributed by atoms with Crippen LogP contribution in [0.2, 0.25) is 0 Å². The number of pyridine rings is 3. The minimum absolute atomic E-state index is 0.156. The zero-order chi connectivity index (χ0) is 25.7. The lowest BCUT2D eigenvalue weighted by Gasteiger charge is -2.32. The number of nitrogens with one attached hydrogen (secondary N) is 2. The molecule has 3 atom stereocenters. The van der Waals surface area contributed by atoms with Crippen molar-refractivity contribution in [3.8, 4) is 11.4 Å². The molecule has 2 aliphatic rings. The molecule has 0 radical (unpaired) electrons. The molecule has 12 heteroatoms. The van der Waals surface area contributed by atoms with Crippen LogP contribution in [0.4, 0.5) is 26.1 Å². The van der Waals surface area contributed by atoms with Gasteiger partial charge in [-0.15, -0.1) is 5.10 Å². The summed E-state index contributed by atoms with van der Waals surface area (Å²) in [7, 11) is 1.76. The highest BCUT2D eigenvalue weighted by molar-refractivity contribution is 6.03. The monoisotopic (exact) mass is 508 g/mol. The maximum atomic E-state index is 12.9. The molecule has 0 aromatic carbocycles. The lowest BCUT2D eigenvalue weighted by molar-refractivity contribution is -0.118. The average molecular weight is 509 g/mol. The van der Waals surface area contributed by atoms with Gasteiger partial charge in [0, 0.05) is 60.7 Å². The number of fused-ring (bicyclic) bond motifs is 2. The van der Waals surface area contributed by atoms with Gasteiger partial charge in [-0.05, 0) is 31.5 Å². The molecule has 1 amide bonds. The summed E-state index contributed by atoms with van der Waals surface area (Å²) >= 11 is 0. The molecule has 37 heavy (non-hydrogen) atoms. The van der Waals surface area contributed by atoms with Crippen molar-refractivity contribution in [2.24, 2.45) is 11.8 Å². The van der Waals surface area contributed by atoms with Gasteiger partial charge >= 0.3 is 0 Å². The molecule has 1 aliphatic carbocycles. The molecule has 0 spiro atoms. The maximum absolute atomic E-state index is 12.9. The molecule has 1 aliphatic heterocycles. The molecular weight excluding hydrogens is 482 g/mol. The van der Waals surface area contributed by atoms with E-state index in [1.807, 2.05) is 18.3 Å². The zero-order valence-corrected chi connectivity index (χ0v) is 20.4. The molecular formula is C25H26F2N8O2. The van der Waals surface area contributed by atoms with Crippen LogP contribution in [-0.4, -0.2) is 69.7 Å². The Morgan fingerprint density at radius 1 is 1.22 bits per heavy atom. The van der Waals surface area contributed by atoms with Crippen LogP contribution in [0.25, 0.3) is 27.8 Å². The summed E-state index contributed by atoms with van der Waals surface area (Å²) in [5.74, 6) is -0.667. The summed E-state index contributed by atoms with van der Waals surface area (Å²) in [4.78, 5) is 28.2. The van der Waals surface area contributed by atoms with Gasteiger partial charge in [-0.1, -0.05) is 0 Å². The third-order valence-corrected chi connectivity index (χ3v) is 6.92. The summed E-state index contributed by atoms with van der Waals surface area (Å²) in [6.07, 6.45) is 3.06. The van der Waals surface area contributed by atoms with E-state index in [0.29, 0.717) is 29.5 Å². The molecule has 10 nitrogen and oxygen atoms in total. The minimum atomic E-state index is -2.50. The minimum Gasteiger partial charge on any atom is -0.375 e. The van der Waals surface area contributed by atoms with E-state index in [9.17, 15) is 13.6 Å². The number of hydrogen-bond acceptors (Lipinski definition) is 8. The van der Waals surface area contributed by atoms with Gasteiger partial charge in [0.15, 0.2) is 11.5 Å². The van der Waals surface area contributed by atoms with E-state index in [-0.39, 0.29) is 18.3 Å². The number of aromatic nitrogens is 5. The number of morpholine rings is 1. The fraction of sp³-hybridized carbons (Fsp3) is 0.400. The van der Waals surface area contributed by atoms with Crippen molar-refractivity contribution in [1.29, 1.82) is 0 Å². The van der Waals surface area contributed by atoms with Crippen LogP contribution in [0.5, 0.6) is 0 Å². The number of alkyl halides is 2. The first kappa shape index (κ1) is 23.5. The topological polar surface area (TPSA) is 110 Å². The second-order valence-corrected chi connectivity index (χ2v) is 9.47. The summed E-state index contributed by atoms with van der Waals surface area (Å²) in [6.45, 7) is 4.33. The van der Waals surface area contributed by atoms with E-state index in [0.717, 1.165) is 29.5 Å². The summed E-state index contributed by atoms with van der Waals surface area (Å²) in [5.41, 5.74) is 2.37. The average Bonchev–Trinajstić information content (AvgIpc) is 3.60. The first-order valence-corrected chi connectivity index (χ1v) is 12.2. The number of halogens is 2. The lowest BCUT2D eigenvalue weighted by Crippen LogP contribution is -2.41. The maximum Gasteiger partial charge on any atom is 0.242 e. The van der Waals surface area contributed by atoms with Crippen molar-refractivity contribution in [3.05, 3.63) is 36.8 Å². The van der Waals surface area contributed by atoms with Crippen molar-refractivity contribution in [2.45, 2.75) is 25.9 Å². The number of nitrogens with zero attached hydrogens (tertiary/aromatic N) is 6. The molecule has 0 unspecified atom stereocenters. The van der Waals surface area contributed by atoms with Crippen molar-refractivity contribution in [3.63, 3.8) is 0 Å². The van der Waals surface area contributed by atoms with Gasteiger partial charge in [-0.3, -0.25) is 4.79 Å². The molecule has 1 saturated carbocycles. The predicted molar refractivity (Wildman–Crippen MR) is 135 cm³/mol. The van der Waals surface area contributed by atoms with Crippen LogP contribution in [-0.2, 0) is 9.53 Å². The van der Waals surface area contributed by atoms with Gasteiger partial charge < -0.3 is 20.3 Å². The van der Waals surface area contributed by atoms with Gasteiger partial charge in [0.05, 0.1) is 24.6 Å². The number of carbonyl (C=O) groups excluding carboxylic acids is 1. The molecule has 6 rings (SSSR count). The standard InChI is InChI=1S/C25H26F2N8O2/c1-13-11-34(5-6-37-13)14-3-4-21-32-24(33-35(21)12-14)19-10-30-23(28-2)18-9-29-20(8-15(18)19)31-25(36)17-7-16(17)22(26)27/h3-4,8-10,12-13,16-17,22H,5-7,11H2,1-2H3,(H,28,30)(H,29,31,36)/t13-,16-,17+/m0/s1. The van der Waals surface area contributed by atoms with E-state index >= 15 is 0 Å². The van der Waals surface area contributed by atoms with Gasteiger partial charge in [0.1, 0.15) is 11.6 Å². The van der Waals surface area contributed by atoms with Crippen LogP contribution in [0.1, 0.15) is 13.3 Å². The Hall–Kier alpha value is -3.93. The molecule has 192 valence electrons. The SMILES string of the molecule is CNc1ncc(-c2nc3ccc(N4CCO[C@@H](C)C4)cn3n2)c2cc(NC(=O)[C@@H]3C[C@@H]3C(F)F)ncc12.